The number of hydrogen-bond acceptors (Lipinski definition) is 8. The van der Waals surface area contributed by atoms with Crippen LogP contribution >= 0.6 is 0 Å². The van der Waals surface area contributed by atoms with Crippen molar-refractivity contribution in [3.05, 3.63) is 42.2 Å². The number of sulfonamides is 1. The van der Waals surface area contributed by atoms with Gasteiger partial charge < -0.3 is 19.7 Å². The summed E-state index contributed by atoms with van der Waals surface area (Å²) in [5, 5.41) is 8.82. The molecule has 0 saturated heterocycles. The number of nitrogens with two attached hydrogens (primary N) is 1. The van der Waals surface area contributed by atoms with E-state index in [-0.39, 0.29) is 22.7 Å². The molecule has 2 aromatic carbocycles. The van der Waals surface area contributed by atoms with E-state index in [9.17, 15) is 21.6 Å². The second-order valence-electron chi connectivity index (χ2n) is 7.11. The molecule has 0 aliphatic heterocycles. The molecule has 0 bridgehead atoms. The van der Waals surface area contributed by atoms with Crippen LogP contribution in [0.25, 0.3) is 10.9 Å². The van der Waals surface area contributed by atoms with Crippen LogP contribution in [-0.4, -0.2) is 52.4 Å². The monoisotopic (exact) mass is 485 g/mol. The molecular weight excluding hydrogens is 463 g/mol. The van der Waals surface area contributed by atoms with Gasteiger partial charge in [-0.25, -0.2) is 23.5 Å². The number of ether oxygens (including phenoxy) is 2. The molecule has 0 fully saturated rings. The van der Waals surface area contributed by atoms with Gasteiger partial charge in [-0.3, -0.25) is 0 Å². The van der Waals surface area contributed by atoms with Gasteiger partial charge in [0.1, 0.15) is 18.7 Å². The summed E-state index contributed by atoms with van der Waals surface area (Å²) >= 11 is 0. The van der Waals surface area contributed by atoms with Crippen LogP contribution in [0, 0.1) is 0 Å². The zero-order valence-electron chi connectivity index (χ0n) is 18.0. The van der Waals surface area contributed by atoms with E-state index in [4.69, 9.17) is 14.6 Å². The van der Waals surface area contributed by atoms with Crippen molar-refractivity contribution in [2.75, 3.05) is 38.0 Å². The Balaban J connectivity index is 2.01. The molecule has 13 heteroatoms. The van der Waals surface area contributed by atoms with Crippen LogP contribution in [-0.2, 0) is 16.6 Å². The lowest BCUT2D eigenvalue weighted by atomic mass is 10.1. The Morgan fingerprint density at radius 3 is 2.36 bits per heavy atom. The van der Waals surface area contributed by atoms with Crippen LogP contribution in [0.2, 0.25) is 0 Å². The third-order valence-electron chi connectivity index (χ3n) is 4.79. The molecule has 3 aromatic rings. The zero-order chi connectivity index (χ0) is 24.4. The highest BCUT2D eigenvalue weighted by Crippen LogP contribution is 2.34. The molecule has 33 heavy (non-hydrogen) atoms. The van der Waals surface area contributed by atoms with Crippen LogP contribution in [0.1, 0.15) is 5.56 Å². The third-order valence-corrected chi connectivity index (χ3v) is 5.71. The molecule has 0 radical (unpaired) electrons. The first-order valence-corrected chi connectivity index (χ1v) is 11.0. The van der Waals surface area contributed by atoms with Gasteiger partial charge in [-0.15, -0.1) is 0 Å². The normalized spacial score (nSPS) is 12.0. The number of methoxy groups -OCH3 is 2. The Morgan fingerprint density at radius 1 is 1.09 bits per heavy atom. The SMILES string of the molecule is COc1cc2ncnc(NCc3cc(S(N)(=O)=O)ccc3N(C)CC(F)(F)F)c2cc1OC. The molecule has 0 saturated carbocycles. The number of nitrogens with zero attached hydrogens (tertiary/aromatic N) is 3. The van der Waals surface area contributed by atoms with Crippen molar-refractivity contribution in [2.24, 2.45) is 5.14 Å². The minimum atomic E-state index is -4.45. The number of benzene rings is 2. The number of anilines is 2. The van der Waals surface area contributed by atoms with E-state index in [0.717, 1.165) is 11.0 Å². The van der Waals surface area contributed by atoms with Crippen molar-refractivity contribution < 1.29 is 31.1 Å². The summed E-state index contributed by atoms with van der Waals surface area (Å²) in [4.78, 5) is 9.16. The highest BCUT2D eigenvalue weighted by atomic mass is 32.2. The number of fused-ring (bicyclic) bond motifs is 1. The van der Waals surface area contributed by atoms with Crippen molar-refractivity contribution in [1.82, 2.24) is 9.97 Å². The molecule has 9 nitrogen and oxygen atoms in total. The van der Waals surface area contributed by atoms with Crippen molar-refractivity contribution in [1.29, 1.82) is 0 Å². The van der Waals surface area contributed by atoms with E-state index in [1.165, 1.54) is 39.7 Å². The zero-order valence-corrected chi connectivity index (χ0v) is 18.8. The second-order valence-corrected chi connectivity index (χ2v) is 8.67. The maximum atomic E-state index is 12.9. The number of hydrogen-bond donors (Lipinski definition) is 2. The lowest BCUT2D eigenvalue weighted by molar-refractivity contribution is -0.119. The fourth-order valence-corrected chi connectivity index (χ4v) is 3.87. The van der Waals surface area contributed by atoms with Gasteiger partial charge in [0, 0.05) is 30.7 Å². The van der Waals surface area contributed by atoms with Crippen molar-refractivity contribution in [2.45, 2.75) is 17.6 Å². The Bertz CT molecular complexity index is 1270. The largest absolute Gasteiger partial charge is 0.493 e. The standard InChI is InChI=1S/C20H22F3N5O4S/c1-28(10-20(21,22)23)16-5-4-13(33(24,29)30)6-12(16)9-25-19-14-7-17(31-2)18(32-3)8-15(14)26-11-27-19/h4-8,11H,9-10H2,1-3H3,(H2,24,29,30)(H,25,26,27). The van der Waals surface area contributed by atoms with Crippen molar-refractivity contribution in [3.8, 4) is 11.5 Å². The molecule has 3 N–H and O–H groups in total. The summed E-state index contributed by atoms with van der Waals surface area (Å²) in [5.41, 5.74) is 1.00. The summed E-state index contributed by atoms with van der Waals surface area (Å²) in [7, 11) is 0.164. The number of halogens is 3. The molecule has 0 amide bonds. The van der Waals surface area contributed by atoms with Crippen LogP contribution in [0.5, 0.6) is 11.5 Å². The number of nitrogens with one attached hydrogen (secondary N) is 1. The Hall–Kier alpha value is -3.32. The molecule has 178 valence electrons. The van der Waals surface area contributed by atoms with Gasteiger partial charge in [0.15, 0.2) is 11.5 Å². The fraction of sp³-hybridized carbons (Fsp3) is 0.300. The minimum absolute atomic E-state index is 0.0403. The minimum Gasteiger partial charge on any atom is -0.493 e. The predicted octanol–water partition coefficient (Wildman–Crippen LogP) is 2.91. The molecule has 0 spiro atoms. The average molecular weight is 485 g/mol. The summed E-state index contributed by atoms with van der Waals surface area (Å²) in [6.07, 6.45) is -3.13. The molecule has 0 unspecified atom stereocenters. The highest BCUT2D eigenvalue weighted by molar-refractivity contribution is 7.89. The molecular formula is C20H22F3N5O4S. The number of aromatic nitrogens is 2. The Morgan fingerprint density at radius 2 is 1.76 bits per heavy atom. The number of primary sulfonamides is 1. The topological polar surface area (TPSA) is 120 Å². The average Bonchev–Trinajstić information content (AvgIpc) is 2.74. The molecule has 1 heterocycles. The summed E-state index contributed by atoms with van der Waals surface area (Å²) in [6.45, 7) is -1.26. The van der Waals surface area contributed by atoms with Gasteiger partial charge >= 0.3 is 6.18 Å². The van der Waals surface area contributed by atoms with E-state index in [1.54, 1.807) is 12.1 Å². The number of alkyl halides is 3. The Labute approximate surface area is 188 Å². The molecule has 0 atom stereocenters. The van der Waals surface area contributed by atoms with Crippen molar-refractivity contribution >= 4 is 32.4 Å². The maximum Gasteiger partial charge on any atom is 0.405 e. The van der Waals surface area contributed by atoms with Gasteiger partial charge in [-0.05, 0) is 29.8 Å². The second kappa shape index (κ2) is 9.27. The quantitative estimate of drug-likeness (QED) is 0.500. The van der Waals surface area contributed by atoms with E-state index in [0.29, 0.717) is 28.2 Å². The van der Waals surface area contributed by atoms with Crippen molar-refractivity contribution in [3.63, 3.8) is 0 Å². The van der Waals surface area contributed by atoms with Crippen LogP contribution < -0.4 is 24.8 Å². The first-order chi connectivity index (χ1) is 15.4. The van der Waals surface area contributed by atoms with Crippen LogP contribution in [0.15, 0.2) is 41.6 Å². The van der Waals surface area contributed by atoms with Gasteiger partial charge in [0.25, 0.3) is 0 Å². The van der Waals surface area contributed by atoms with Crippen LogP contribution in [0.4, 0.5) is 24.7 Å². The van der Waals surface area contributed by atoms with E-state index in [1.807, 2.05) is 0 Å². The van der Waals surface area contributed by atoms with E-state index in [2.05, 4.69) is 15.3 Å². The first-order valence-electron chi connectivity index (χ1n) is 9.47. The van der Waals surface area contributed by atoms with Gasteiger partial charge in [0.05, 0.1) is 24.6 Å². The predicted molar refractivity (Wildman–Crippen MR) is 117 cm³/mol. The van der Waals surface area contributed by atoms with Gasteiger partial charge in [-0.2, -0.15) is 13.2 Å². The van der Waals surface area contributed by atoms with E-state index >= 15 is 0 Å². The highest BCUT2D eigenvalue weighted by Gasteiger charge is 2.30. The maximum absolute atomic E-state index is 12.9. The molecule has 1 aromatic heterocycles. The van der Waals surface area contributed by atoms with Gasteiger partial charge in [-0.1, -0.05) is 0 Å². The Kier molecular flexibility index (Phi) is 6.84. The van der Waals surface area contributed by atoms with E-state index < -0.39 is 22.7 Å². The summed E-state index contributed by atoms with van der Waals surface area (Å²) in [5.74, 6) is 1.27. The smallest absolute Gasteiger partial charge is 0.405 e. The molecule has 0 aliphatic carbocycles. The number of rotatable bonds is 8. The van der Waals surface area contributed by atoms with Gasteiger partial charge in [0.2, 0.25) is 10.0 Å². The van der Waals surface area contributed by atoms with Crippen LogP contribution in [0.3, 0.4) is 0 Å². The third kappa shape index (κ3) is 5.73. The molecule has 0 aliphatic rings. The summed E-state index contributed by atoms with van der Waals surface area (Å²) < 4.78 is 73.0. The first kappa shape index (κ1) is 24.3. The fourth-order valence-electron chi connectivity index (χ4n) is 3.31. The lowest BCUT2D eigenvalue weighted by Crippen LogP contribution is -2.31. The summed E-state index contributed by atoms with van der Waals surface area (Å²) in [6, 6.07) is 7.00. The molecule has 3 rings (SSSR count). The lowest BCUT2D eigenvalue weighted by Gasteiger charge is -2.24.